The summed E-state index contributed by atoms with van der Waals surface area (Å²) >= 11 is 3.01. The second kappa shape index (κ2) is 6.81. The van der Waals surface area contributed by atoms with Gasteiger partial charge in [-0.1, -0.05) is 6.07 Å². The maximum atomic E-state index is 13.3. The second-order valence-electron chi connectivity index (χ2n) is 4.54. The Kier molecular flexibility index (Phi) is 5.64. The van der Waals surface area contributed by atoms with Gasteiger partial charge in [0.05, 0.1) is 17.5 Å². The summed E-state index contributed by atoms with van der Waals surface area (Å²) in [5.41, 5.74) is -1.06. The molecule has 0 aliphatic carbocycles. The Balaban J connectivity index is 2.75. The standard InChI is InChI=1S/C13H15BrFNO4/c1-13(7-20-2,12(18)19)16-11(17)6-8-3-4-9(14)10(15)5-8/h3-5H,6-7H2,1-2H3,(H,16,17)(H,18,19). The lowest BCUT2D eigenvalue weighted by Gasteiger charge is -2.25. The Morgan fingerprint density at radius 2 is 2.15 bits per heavy atom. The van der Waals surface area contributed by atoms with Crippen LogP contribution < -0.4 is 5.32 Å². The zero-order valence-electron chi connectivity index (χ0n) is 11.1. The number of nitrogens with one attached hydrogen (secondary N) is 1. The predicted octanol–water partition coefficient (Wildman–Crippen LogP) is 1.74. The third-order valence-electron chi connectivity index (χ3n) is 2.67. The van der Waals surface area contributed by atoms with Gasteiger partial charge in [0.2, 0.25) is 5.91 Å². The number of hydrogen-bond acceptors (Lipinski definition) is 3. The number of ether oxygens (including phenoxy) is 1. The zero-order chi connectivity index (χ0) is 15.3. The minimum atomic E-state index is -1.51. The molecule has 2 N–H and O–H groups in total. The number of carboxylic acids is 1. The van der Waals surface area contributed by atoms with Crippen LogP contribution in [0.4, 0.5) is 4.39 Å². The first-order valence-electron chi connectivity index (χ1n) is 5.76. The number of aliphatic carboxylic acids is 1. The Bertz CT molecular complexity index is 523. The smallest absolute Gasteiger partial charge is 0.331 e. The molecule has 1 aromatic carbocycles. The van der Waals surface area contributed by atoms with Crippen molar-refractivity contribution in [1.82, 2.24) is 5.32 Å². The van der Waals surface area contributed by atoms with Gasteiger partial charge in [-0.25, -0.2) is 9.18 Å². The fourth-order valence-electron chi connectivity index (χ4n) is 1.63. The average molecular weight is 348 g/mol. The summed E-state index contributed by atoms with van der Waals surface area (Å²) in [7, 11) is 1.34. The molecule has 1 aromatic rings. The van der Waals surface area contributed by atoms with E-state index in [1.54, 1.807) is 6.07 Å². The van der Waals surface area contributed by atoms with Crippen molar-refractivity contribution >= 4 is 27.8 Å². The molecule has 0 saturated heterocycles. The van der Waals surface area contributed by atoms with Gasteiger partial charge in [0.1, 0.15) is 5.82 Å². The van der Waals surface area contributed by atoms with E-state index in [2.05, 4.69) is 21.2 Å². The lowest BCUT2D eigenvalue weighted by atomic mass is 10.0. The highest BCUT2D eigenvalue weighted by Crippen LogP contribution is 2.17. The molecule has 1 amide bonds. The van der Waals surface area contributed by atoms with Gasteiger partial charge in [-0.2, -0.15) is 0 Å². The number of amides is 1. The molecule has 20 heavy (non-hydrogen) atoms. The van der Waals surface area contributed by atoms with Gasteiger partial charge >= 0.3 is 5.97 Å². The van der Waals surface area contributed by atoms with Crippen LogP contribution in [0.3, 0.4) is 0 Å². The molecule has 1 unspecified atom stereocenters. The summed E-state index contributed by atoms with van der Waals surface area (Å²) in [6.45, 7) is 1.18. The van der Waals surface area contributed by atoms with Crippen molar-refractivity contribution in [3.63, 3.8) is 0 Å². The van der Waals surface area contributed by atoms with Crippen LogP contribution in [-0.4, -0.2) is 36.2 Å². The summed E-state index contributed by atoms with van der Waals surface area (Å²) in [4.78, 5) is 23.0. The Morgan fingerprint density at radius 3 is 2.65 bits per heavy atom. The number of hydrogen-bond donors (Lipinski definition) is 2. The van der Waals surface area contributed by atoms with Crippen LogP contribution in [0, 0.1) is 5.82 Å². The van der Waals surface area contributed by atoms with Gasteiger partial charge in [-0.15, -0.1) is 0 Å². The molecule has 0 aliphatic rings. The minimum absolute atomic E-state index is 0.114. The van der Waals surface area contributed by atoms with Crippen LogP contribution >= 0.6 is 15.9 Å². The Morgan fingerprint density at radius 1 is 1.50 bits per heavy atom. The summed E-state index contributed by atoms with van der Waals surface area (Å²) in [5, 5.41) is 11.5. The third-order valence-corrected chi connectivity index (χ3v) is 3.31. The topological polar surface area (TPSA) is 75.6 Å². The van der Waals surface area contributed by atoms with Crippen LogP contribution in [0.15, 0.2) is 22.7 Å². The molecule has 0 bridgehead atoms. The van der Waals surface area contributed by atoms with Gasteiger partial charge < -0.3 is 15.2 Å². The number of rotatable bonds is 6. The molecular weight excluding hydrogens is 333 g/mol. The summed E-state index contributed by atoms with van der Waals surface area (Å²) in [6, 6.07) is 4.29. The van der Waals surface area contributed by atoms with Crippen LogP contribution in [0.2, 0.25) is 0 Å². The number of halogens is 2. The molecule has 1 atom stereocenters. The number of methoxy groups -OCH3 is 1. The Labute approximate surface area is 124 Å². The molecule has 0 spiro atoms. The fourth-order valence-corrected chi connectivity index (χ4v) is 1.87. The maximum Gasteiger partial charge on any atom is 0.331 e. The average Bonchev–Trinajstić information content (AvgIpc) is 2.33. The van der Waals surface area contributed by atoms with Crippen LogP contribution in [0.5, 0.6) is 0 Å². The lowest BCUT2D eigenvalue weighted by molar-refractivity contribution is -0.149. The summed E-state index contributed by atoms with van der Waals surface area (Å²) in [6.07, 6.45) is -0.114. The molecule has 1 rings (SSSR count). The van der Waals surface area contributed by atoms with Crippen molar-refractivity contribution in [3.05, 3.63) is 34.1 Å². The second-order valence-corrected chi connectivity index (χ2v) is 5.40. The quantitative estimate of drug-likeness (QED) is 0.821. The van der Waals surface area contributed by atoms with E-state index in [0.717, 1.165) is 0 Å². The third kappa shape index (κ3) is 4.28. The maximum absolute atomic E-state index is 13.3. The van der Waals surface area contributed by atoms with Crippen molar-refractivity contribution in [2.45, 2.75) is 18.9 Å². The molecule has 5 nitrogen and oxygen atoms in total. The molecule has 110 valence electrons. The van der Waals surface area contributed by atoms with Crippen molar-refractivity contribution in [1.29, 1.82) is 0 Å². The first kappa shape index (κ1) is 16.6. The molecule has 0 fully saturated rings. The molecule has 0 saturated carbocycles. The van der Waals surface area contributed by atoms with E-state index >= 15 is 0 Å². The SMILES string of the molecule is COCC(C)(NC(=O)Cc1ccc(Br)c(F)c1)C(=O)O. The molecule has 0 radical (unpaired) electrons. The van der Waals surface area contributed by atoms with E-state index in [4.69, 9.17) is 9.84 Å². The first-order valence-corrected chi connectivity index (χ1v) is 6.55. The fraction of sp³-hybridized carbons (Fsp3) is 0.385. The van der Waals surface area contributed by atoms with Crippen LogP contribution in [0.25, 0.3) is 0 Å². The number of carboxylic acid groups (broad SMARTS) is 1. The van der Waals surface area contributed by atoms with Crippen molar-refractivity contribution in [2.75, 3.05) is 13.7 Å². The van der Waals surface area contributed by atoms with Gasteiger partial charge in [0.25, 0.3) is 0 Å². The predicted molar refractivity (Wildman–Crippen MR) is 73.9 cm³/mol. The highest BCUT2D eigenvalue weighted by molar-refractivity contribution is 9.10. The highest BCUT2D eigenvalue weighted by atomic mass is 79.9. The van der Waals surface area contributed by atoms with E-state index in [-0.39, 0.29) is 13.0 Å². The van der Waals surface area contributed by atoms with Crippen LogP contribution in [0.1, 0.15) is 12.5 Å². The van der Waals surface area contributed by atoms with E-state index in [1.165, 1.54) is 26.2 Å². The van der Waals surface area contributed by atoms with Crippen LogP contribution in [-0.2, 0) is 20.7 Å². The zero-order valence-corrected chi connectivity index (χ0v) is 12.7. The molecule has 0 aromatic heterocycles. The molecular formula is C13H15BrFNO4. The van der Waals surface area contributed by atoms with Gasteiger partial charge in [-0.05, 0) is 40.5 Å². The lowest BCUT2D eigenvalue weighted by Crippen LogP contribution is -2.55. The first-order chi connectivity index (χ1) is 9.28. The largest absolute Gasteiger partial charge is 0.479 e. The Hall–Kier alpha value is -1.47. The normalized spacial score (nSPS) is 13.6. The summed E-state index contributed by atoms with van der Waals surface area (Å²) < 4.78 is 18.4. The number of carbonyl (C=O) groups is 2. The molecule has 0 heterocycles. The number of benzene rings is 1. The highest BCUT2D eigenvalue weighted by Gasteiger charge is 2.34. The van der Waals surface area contributed by atoms with Crippen molar-refractivity contribution in [3.8, 4) is 0 Å². The van der Waals surface area contributed by atoms with Crippen molar-refractivity contribution < 1.29 is 23.8 Å². The molecule has 0 aliphatic heterocycles. The van der Waals surface area contributed by atoms with E-state index in [0.29, 0.717) is 10.0 Å². The molecule has 7 heteroatoms. The monoisotopic (exact) mass is 347 g/mol. The van der Waals surface area contributed by atoms with E-state index < -0.39 is 23.2 Å². The van der Waals surface area contributed by atoms with Crippen molar-refractivity contribution in [2.24, 2.45) is 0 Å². The van der Waals surface area contributed by atoms with Gasteiger partial charge in [-0.3, -0.25) is 4.79 Å². The van der Waals surface area contributed by atoms with Gasteiger partial charge in [0, 0.05) is 7.11 Å². The van der Waals surface area contributed by atoms with Gasteiger partial charge in [0.15, 0.2) is 5.54 Å². The number of carbonyl (C=O) groups excluding carboxylic acids is 1. The van der Waals surface area contributed by atoms with E-state index in [1.807, 2.05) is 0 Å². The van der Waals surface area contributed by atoms with E-state index in [9.17, 15) is 14.0 Å². The summed E-state index contributed by atoms with van der Waals surface area (Å²) in [5.74, 6) is -2.20. The minimum Gasteiger partial charge on any atom is -0.479 e.